The Balaban J connectivity index is 1.66. The maximum Gasteiger partial charge on any atom is 0.0537 e. The number of aryl methyl sites for hydroxylation is 2. The van der Waals surface area contributed by atoms with Crippen molar-refractivity contribution in [1.29, 1.82) is 0 Å². The lowest BCUT2D eigenvalue weighted by molar-refractivity contribution is 0.0926. The number of rotatable bonds is 6. The van der Waals surface area contributed by atoms with Crippen molar-refractivity contribution < 1.29 is 0 Å². The van der Waals surface area contributed by atoms with Crippen LogP contribution < -0.4 is 0 Å². The Hall–Kier alpha value is -1.66. The van der Waals surface area contributed by atoms with E-state index in [9.17, 15) is 0 Å². The van der Waals surface area contributed by atoms with E-state index < -0.39 is 0 Å². The highest BCUT2D eigenvalue weighted by Crippen LogP contribution is 2.35. The molecule has 0 saturated carbocycles. The standard InChI is InChI=1S/C18H30N6/c1-5-24-12-15(9-20-24)11-21(2)13-16-7-6-8-22(3)18(16)17-10-19-23(4)14-17/h9-10,12,14,16,18H,5-8,11,13H2,1-4H3/t16-,18+/m0/s1. The first kappa shape index (κ1) is 17.2. The third-order valence-corrected chi connectivity index (χ3v) is 5.08. The van der Waals surface area contributed by atoms with Gasteiger partial charge in [-0.15, -0.1) is 0 Å². The molecular formula is C18H30N6. The van der Waals surface area contributed by atoms with Crippen molar-refractivity contribution in [2.75, 3.05) is 27.2 Å². The van der Waals surface area contributed by atoms with Gasteiger partial charge in [0.1, 0.15) is 0 Å². The summed E-state index contributed by atoms with van der Waals surface area (Å²) in [6.45, 7) is 6.28. The molecule has 0 amide bonds. The lowest BCUT2D eigenvalue weighted by atomic mass is 9.85. The summed E-state index contributed by atoms with van der Waals surface area (Å²) in [5, 5.41) is 8.77. The molecule has 0 spiro atoms. The molecule has 2 aromatic heterocycles. The van der Waals surface area contributed by atoms with Gasteiger partial charge in [0.25, 0.3) is 0 Å². The zero-order valence-corrected chi connectivity index (χ0v) is 15.4. The molecule has 2 aromatic rings. The molecule has 0 N–H and O–H groups in total. The maximum absolute atomic E-state index is 4.39. The number of piperidine rings is 1. The topological polar surface area (TPSA) is 42.1 Å². The Kier molecular flexibility index (Phi) is 5.36. The fourth-order valence-corrected chi connectivity index (χ4v) is 4.01. The smallest absolute Gasteiger partial charge is 0.0537 e. The zero-order chi connectivity index (χ0) is 17.1. The molecule has 3 rings (SSSR count). The third-order valence-electron chi connectivity index (χ3n) is 5.08. The van der Waals surface area contributed by atoms with E-state index in [4.69, 9.17) is 0 Å². The van der Waals surface area contributed by atoms with E-state index in [2.05, 4.69) is 53.4 Å². The average Bonchev–Trinajstić information content (AvgIpc) is 3.16. The van der Waals surface area contributed by atoms with Crippen LogP contribution in [0.5, 0.6) is 0 Å². The predicted octanol–water partition coefficient (Wildman–Crippen LogP) is 2.15. The number of likely N-dealkylation sites (tertiary alicyclic amines) is 1. The van der Waals surface area contributed by atoms with Gasteiger partial charge in [-0.1, -0.05) is 0 Å². The summed E-state index contributed by atoms with van der Waals surface area (Å²) in [5.74, 6) is 0.638. The van der Waals surface area contributed by atoms with Crippen LogP contribution in [0.3, 0.4) is 0 Å². The van der Waals surface area contributed by atoms with E-state index in [1.807, 2.05) is 28.8 Å². The molecule has 0 aliphatic carbocycles. The van der Waals surface area contributed by atoms with Crippen LogP contribution in [0.4, 0.5) is 0 Å². The van der Waals surface area contributed by atoms with Crippen LogP contribution in [-0.4, -0.2) is 56.5 Å². The Morgan fingerprint density at radius 1 is 1.21 bits per heavy atom. The number of aromatic nitrogens is 4. The normalized spacial score (nSPS) is 22.4. The second kappa shape index (κ2) is 7.49. The highest BCUT2D eigenvalue weighted by Gasteiger charge is 2.32. The predicted molar refractivity (Wildman–Crippen MR) is 95.5 cm³/mol. The molecule has 0 unspecified atom stereocenters. The van der Waals surface area contributed by atoms with Crippen molar-refractivity contribution in [2.45, 2.75) is 38.9 Å². The molecule has 6 nitrogen and oxygen atoms in total. The second-order valence-electron chi connectivity index (χ2n) is 7.18. The van der Waals surface area contributed by atoms with Crippen molar-refractivity contribution in [3.8, 4) is 0 Å². The van der Waals surface area contributed by atoms with Gasteiger partial charge < -0.3 is 4.90 Å². The summed E-state index contributed by atoms with van der Waals surface area (Å²) in [6, 6.07) is 0.466. The fraction of sp³-hybridized carbons (Fsp3) is 0.667. The molecule has 1 aliphatic heterocycles. The minimum absolute atomic E-state index is 0.466. The van der Waals surface area contributed by atoms with Crippen LogP contribution in [0.1, 0.15) is 36.9 Å². The van der Waals surface area contributed by atoms with E-state index in [0.717, 1.165) is 19.6 Å². The Morgan fingerprint density at radius 3 is 2.71 bits per heavy atom. The summed E-state index contributed by atoms with van der Waals surface area (Å²) in [7, 11) is 6.46. The highest BCUT2D eigenvalue weighted by molar-refractivity contribution is 5.13. The molecule has 0 bridgehead atoms. The van der Waals surface area contributed by atoms with Crippen molar-refractivity contribution >= 4 is 0 Å². The zero-order valence-electron chi connectivity index (χ0n) is 15.4. The molecule has 2 atom stereocenters. The van der Waals surface area contributed by atoms with Gasteiger partial charge in [0, 0.05) is 56.2 Å². The highest BCUT2D eigenvalue weighted by atomic mass is 15.3. The summed E-state index contributed by atoms with van der Waals surface area (Å²) in [4.78, 5) is 4.93. The first-order valence-electron chi connectivity index (χ1n) is 8.95. The van der Waals surface area contributed by atoms with Crippen molar-refractivity contribution in [3.05, 3.63) is 35.9 Å². The molecule has 1 aliphatic rings. The van der Waals surface area contributed by atoms with E-state index >= 15 is 0 Å². The lowest BCUT2D eigenvalue weighted by Crippen LogP contribution is -2.40. The number of nitrogens with zero attached hydrogens (tertiary/aromatic N) is 6. The molecule has 132 valence electrons. The quantitative estimate of drug-likeness (QED) is 0.814. The fourth-order valence-electron chi connectivity index (χ4n) is 4.01. The molecule has 1 fully saturated rings. The van der Waals surface area contributed by atoms with Crippen molar-refractivity contribution in [3.63, 3.8) is 0 Å². The van der Waals surface area contributed by atoms with E-state index in [1.165, 1.54) is 30.5 Å². The van der Waals surface area contributed by atoms with Gasteiger partial charge in [-0.3, -0.25) is 14.3 Å². The van der Waals surface area contributed by atoms with Gasteiger partial charge in [0.15, 0.2) is 0 Å². The van der Waals surface area contributed by atoms with Gasteiger partial charge in [0.2, 0.25) is 0 Å². The minimum atomic E-state index is 0.466. The van der Waals surface area contributed by atoms with Crippen LogP contribution in [0, 0.1) is 5.92 Å². The van der Waals surface area contributed by atoms with Crippen molar-refractivity contribution in [2.24, 2.45) is 13.0 Å². The van der Waals surface area contributed by atoms with Crippen LogP contribution in [-0.2, 0) is 20.1 Å². The monoisotopic (exact) mass is 330 g/mol. The first-order valence-corrected chi connectivity index (χ1v) is 8.95. The minimum Gasteiger partial charge on any atom is -0.302 e. The van der Waals surface area contributed by atoms with Crippen LogP contribution in [0.2, 0.25) is 0 Å². The van der Waals surface area contributed by atoms with Crippen molar-refractivity contribution in [1.82, 2.24) is 29.4 Å². The molecule has 3 heterocycles. The number of hydrogen-bond acceptors (Lipinski definition) is 4. The van der Waals surface area contributed by atoms with Gasteiger partial charge in [-0.25, -0.2) is 0 Å². The van der Waals surface area contributed by atoms with Crippen LogP contribution in [0.25, 0.3) is 0 Å². The van der Waals surface area contributed by atoms with Gasteiger partial charge >= 0.3 is 0 Å². The number of hydrogen-bond donors (Lipinski definition) is 0. The third kappa shape index (κ3) is 3.87. The van der Waals surface area contributed by atoms with Gasteiger partial charge in [0.05, 0.1) is 12.4 Å². The second-order valence-corrected chi connectivity index (χ2v) is 7.18. The first-order chi connectivity index (χ1) is 11.6. The molecule has 0 aromatic carbocycles. The Labute approximate surface area is 145 Å². The Bertz CT molecular complexity index is 645. The molecule has 0 radical (unpaired) electrons. The molecule has 24 heavy (non-hydrogen) atoms. The largest absolute Gasteiger partial charge is 0.302 e. The van der Waals surface area contributed by atoms with E-state index in [-0.39, 0.29) is 0 Å². The average molecular weight is 330 g/mol. The van der Waals surface area contributed by atoms with Gasteiger partial charge in [-0.05, 0) is 46.3 Å². The Morgan fingerprint density at radius 2 is 2.04 bits per heavy atom. The summed E-state index contributed by atoms with van der Waals surface area (Å²) >= 11 is 0. The summed E-state index contributed by atoms with van der Waals surface area (Å²) in [5.41, 5.74) is 2.64. The summed E-state index contributed by atoms with van der Waals surface area (Å²) < 4.78 is 3.91. The SMILES string of the molecule is CCn1cc(CN(C)C[C@@H]2CCCN(C)[C@H]2c2cnn(C)c2)cn1. The van der Waals surface area contributed by atoms with E-state index in [1.54, 1.807) is 0 Å². The van der Waals surface area contributed by atoms with Crippen LogP contribution in [0.15, 0.2) is 24.8 Å². The maximum atomic E-state index is 4.39. The summed E-state index contributed by atoms with van der Waals surface area (Å²) in [6.07, 6.45) is 10.9. The van der Waals surface area contributed by atoms with E-state index in [0.29, 0.717) is 12.0 Å². The molecule has 6 heteroatoms. The van der Waals surface area contributed by atoms with Crippen LogP contribution >= 0.6 is 0 Å². The molecular weight excluding hydrogens is 300 g/mol. The van der Waals surface area contributed by atoms with Gasteiger partial charge in [-0.2, -0.15) is 10.2 Å². The molecule has 1 saturated heterocycles. The lowest BCUT2D eigenvalue weighted by Gasteiger charge is -2.40.